The van der Waals surface area contributed by atoms with Crippen LogP contribution in [0.15, 0.2) is 12.1 Å². The Morgan fingerprint density at radius 1 is 1.53 bits per heavy atom. The van der Waals surface area contributed by atoms with E-state index < -0.39 is 0 Å². The van der Waals surface area contributed by atoms with Crippen molar-refractivity contribution in [2.24, 2.45) is 0 Å². The summed E-state index contributed by atoms with van der Waals surface area (Å²) < 4.78 is 5.13. The molecule has 0 bridgehead atoms. The van der Waals surface area contributed by atoms with Crippen LogP contribution in [0.3, 0.4) is 0 Å². The van der Waals surface area contributed by atoms with Crippen molar-refractivity contribution >= 4 is 11.6 Å². The van der Waals surface area contributed by atoms with Crippen molar-refractivity contribution in [3.05, 3.63) is 22.7 Å². The first-order valence-electron chi connectivity index (χ1n) is 4.99. The summed E-state index contributed by atoms with van der Waals surface area (Å²) in [5, 5.41) is 13.5. The minimum Gasteiger partial charge on any atom is -0.506 e. The van der Waals surface area contributed by atoms with Crippen molar-refractivity contribution < 1.29 is 9.84 Å². The number of rotatable bonds is 2. The van der Waals surface area contributed by atoms with E-state index in [9.17, 15) is 5.11 Å². The maximum Gasteiger partial charge on any atom is 0.137 e. The van der Waals surface area contributed by atoms with Gasteiger partial charge in [-0.25, -0.2) is 0 Å². The van der Waals surface area contributed by atoms with E-state index in [1.165, 1.54) is 0 Å². The number of hydrogen-bond donors (Lipinski definition) is 2. The van der Waals surface area contributed by atoms with E-state index in [-0.39, 0.29) is 5.75 Å². The number of phenolic OH excluding ortho intramolecular Hbond substituents is 1. The molecule has 0 amide bonds. The van der Waals surface area contributed by atoms with Gasteiger partial charge in [0.1, 0.15) is 11.5 Å². The molecule has 0 aromatic heterocycles. The molecule has 1 aromatic carbocycles. The number of halogens is 1. The molecule has 1 saturated heterocycles. The molecule has 0 saturated carbocycles. The Morgan fingerprint density at radius 2 is 2.33 bits per heavy atom. The molecular weight excluding hydrogens is 214 g/mol. The highest BCUT2D eigenvalue weighted by atomic mass is 35.5. The highest BCUT2D eigenvalue weighted by Gasteiger charge is 2.21. The van der Waals surface area contributed by atoms with Crippen molar-refractivity contribution in [1.82, 2.24) is 5.32 Å². The Balaban J connectivity index is 2.39. The van der Waals surface area contributed by atoms with Crippen LogP contribution in [0.1, 0.15) is 17.9 Å². The first kappa shape index (κ1) is 10.6. The Labute approximate surface area is 94.0 Å². The molecule has 1 heterocycles. The lowest BCUT2D eigenvalue weighted by Crippen LogP contribution is -2.08. The number of ether oxygens (including phenoxy) is 1. The first-order valence-corrected chi connectivity index (χ1v) is 5.37. The highest BCUT2D eigenvalue weighted by Crippen LogP contribution is 2.38. The number of benzene rings is 1. The normalized spacial score (nSPS) is 20.5. The van der Waals surface area contributed by atoms with E-state index in [1.807, 2.05) is 6.07 Å². The predicted molar refractivity (Wildman–Crippen MR) is 59.9 cm³/mol. The van der Waals surface area contributed by atoms with Gasteiger partial charge in [0.2, 0.25) is 0 Å². The van der Waals surface area contributed by atoms with E-state index >= 15 is 0 Å². The number of aromatic hydroxyl groups is 1. The minimum absolute atomic E-state index is 0.186. The Hall–Kier alpha value is -0.930. The maximum absolute atomic E-state index is 9.86. The molecule has 2 N–H and O–H groups in total. The fourth-order valence-corrected chi connectivity index (χ4v) is 2.16. The number of nitrogens with one attached hydrogen (secondary N) is 1. The van der Waals surface area contributed by atoms with Gasteiger partial charge in [-0.1, -0.05) is 11.6 Å². The van der Waals surface area contributed by atoms with Crippen LogP contribution in [0.25, 0.3) is 0 Å². The molecule has 1 aliphatic heterocycles. The van der Waals surface area contributed by atoms with Gasteiger partial charge in [-0.3, -0.25) is 0 Å². The second-order valence-electron chi connectivity index (χ2n) is 3.74. The van der Waals surface area contributed by atoms with Crippen LogP contribution < -0.4 is 10.1 Å². The molecule has 1 aliphatic rings. The van der Waals surface area contributed by atoms with E-state index in [4.69, 9.17) is 16.3 Å². The SMILES string of the molecule is COc1cc(Cl)c(O)c(C2CCNC2)c1. The van der Waals surface area contributed by atoms with Crippen molar-refractivity contribution in [2.45, 2.75) is 12.3 Å². The van der Waals surface area contributed by atoms with Gasteiger partial charge in [0.05, 0.1) is 12.1 Å². The summed E-state index contributed by atoms with van der Waals surface area (Å²) in [6.07, 6.45) is 1.02. The van der Waals surface area contributed by atoms with Crippen LogP contribution in [0, 0.1) is 0 Å². The van der Waals surface area contributed by atoms with Crippen molar-refractivity contribution in [3.8, 4) is 11.5 Å². The second-order valence-corrected chi connectivity index (χ2v) is 4.14. The molecule has 4 heteroatoms. The standard InChI is InChI=1S/C11H14ClNO2/c1-15-8-4-9(7-2-3-13-6-7)11(14)10(12)5-8/h4-5,7,13-14H,2-3,6H2,1H3. The summed E-state index contributed by atoms with van der Waals surface area (Å²) in [6, 6.07) is 3.49. The van der Waals surface area contributed by atoms with Crippen LogP contribution in [0.4, 0.5) is 0 Å². The van der Waals surface area contributed by atoms with Gasteiger partial charge in [-0.15, -0.1) is 0 Å². The quantitative estimate of drug-likeness (QED) is 0.814. The average Bonchev–Trinajstić information content (AvgIpc) is 2.75. The Bertz CT molecular complexity index is 362. The molecule has 1 atom stereocenters. The topological polar surface area (TPSA) is 41.5 Å². The van der Waals surface area contributed by atoms with Gasteiger partial charge in [-0.2, -0.15) is 0 Å². The largest absolute Gasteiger partial charge is 0.506 e. The molecule has 1 aromatic rings. The third-order valence-electron chi connectivity index (χ3n) is 2.80. The average molecular weight is 228 g/mol. The first-order chi connectivity index (χ1) is 7.22. The molecule has 3 nitrogen and oxygen atoms in total. The zero-order valence-electron chi connectivity index (χ0n) is 8.59. The zero-order chi connectivity index (χ0) is 10.8. The summed E-state index contributed by atoms with van der Waals surface area (Å²) in [7, 11) is 1.60. The fourth-order valence-electron chi connectivity index (χ4n) is 1.94. The smallest absolute Gasteiger partial charge is 0.137 e. The molecular formula is C11H14ClNO2. The monoisotopic (exact) mass is 227 g/mol. The minimum atomic E-state index is 0.186. The van der Waals surface area contributed by atoms with Crippen LogP contribution in [-0.2, 0) is 0 Å². The van der Waals surface area contributed by atoms with E-state index in [0.29, 0.717) is 16.7 Å². The molecule has 0 spiro atoms. The lowest BCUT2D eigenvalue weighted by molar-refractivity contribution is 0.409. The zero-order valence-corrected chi connectivity index (χ0v) is 9.34. The maximum atomic E-state index is 9.86. The summed E-state index contributed by atoms with van der Waals surface area (Å²) in [6.45, 7) is 1.87. The molecule has 2 rings (SSSR count). The number of hydrogen-bond acceptors (Lipinski definition) is 3. The lowest BCUT2D eigenvalue weighted by Gasteiger charge is -2.13. The molecule has 15 heavy (non-hydrogen) atoms. The third kappa shape index (κ3) is 2.03. The van der Waals surface area contributed by atoms with Gasteiger partial charge >= 0.3 is 0 Å². The summed E-state index contributed by atoms with van der Waals surface area (Å²) in [5.41, 5.74) is 0.879. The van der Waals surface area contributed by atoms with Crippen molar-refractivity contribution in [1.29, 1.82) is 0 Å². The van der Waals surface area contributed by atoms with Crippen molar-refractivity contribution in [3.63, 3.8) is 0 Å². The van der Waals surface area contributed by atoms with E-state index in [0.717, 1.165) is 25.1 Å². The summed E-state index contributed by atoms with van der Waals surface area (Å²) in [5.74, 6) is 1.21. The Kier molecular flexibility index (Phi) is 3.03. The van der Waals surface area contributed by atoms with Crippen LogP contribution in [0.2, 0.25) is 5.02 Å². The van der Waals surface area contributed by atoms with Crippen molar-refractivity contribution in [2.75, 3.05) is 20.2 Å². The van der Waals surface area contributed by atoms with Gasteiger partial charge < -0.3 is 15.2 Å². The van der Waals surface area contributed by atoms with E-state index in [2.05, 4.69) is 5.32 Å². The van der Waals surface area contributed by atoms with E-state index in [1.54, 1.807) is 13.2 Å². The fraction of sp³-hybridized carbons (Fsp3) is 0.455. The molecule has 1 unspecified atom stereocenters. The van der Waals surface area contributed by atoms with Gasteiger partial charge in [0.25, 0.3) is 0 Å². The molecule has 0 aliphatic carbocycles. The molecule has 1 fully saturated rings. The third-order valence-corrected chi connectivity index (χ3v) is 3.09. The number of methoxy groups -OCH3 is 1. The summed E-state index contributed by atoms with van der Waals surface area (Å²) >= 11 is 5.93. The highest BCUT2D eigenvalue weighted by molar-refractivity contribution is 6.32. The lowest BCUT2D eigenvalue weighted by atomic mass is 9.97. The predicted octanol–water partition coefficient (Wildman–Crippen LogP) is 2.13. The van der Waals surface area contributed by atoms with Gasteiger partial charge in [0.15, 0.2) is 0 Å². The van der Waals surface area contributed by atoms with Crippen LogP contribution >= 0.6 is 11.6 Å². The number of phenols is 1. The van der Waals surface area contributed by atoms with Gasteiger partial charge in [-0.05, 0) is 19.0 Å². The molecule has 82 valence electrons. The second kappa shape index (κ2) is 4.29. The Morgan fingerprint density at radius 3 is 2.93 bits per heavy atom. The van der Waals surface area contributed by atoms with Crippen LogP contribution in [0.5, 0.6) is 11.5 Å². The summed E-state index contributed by atoms with van der Waals surface area (Å²) in [4.78, 5) is 0. The molecule has 0 radical (unpaired) electrons. The van der Waals surface area contributed by atoms with Gasteiger partial charge in [0, 0.05) is 24.1 Å². The van der Waals surface area contributed by atoms with Crippen LogP contribution in [-0.4, -0.2) is 25.3 Å².